The first kappa shape index (κ1) is 23.0. The molecule has 0 bridgehead atoms. The summed E-state index contributed by atoms with van der Waals surface area (Å²) in [5.41, 5.74) is 2.44. The number of esters is 1. The molecule has 3 amide bonds. The molecule has 0 aliphatic carbocycles. The molecule has 2 aliphatic rings. The molecule has 4 rings (SSSR count). The van der Waals surface area contributed by atoms with Crippen molar-refractivity contribution < 1.29 is 23.9 Å². The Bertz CT molecular complexity index is 1080. The molecule has 8 heteroatoms. The molecule has 7 nitrogen and oxygen atoms in total. The number of anilines is 1. The number of benzene rings is 2. The number of thioether (sulfide) groups is 1. The van der Waals surface area contributed by atoms with E-state index in [0.717, 1.165) is 22.6 Å². The second-order valence-electron chi connectivity index (χ2n) is 8.29. The molecule has 0 fully saturated rings. The van der Waals surface area contributed by atoms with Gasteiger partial charge < -0.3 is 9.64 Å². The predicted molar refractivity (Wildman–Crippen MR) is 126 cm³/mol. The maximum Gasteiger partial charge on any atom is 0.330 e. The maximum atomic E-state index is 13.2. The lowest BCUT2D eigenvalue weighted by Crippen LogP contribution is -2.49. The molecule has 2 heterocycles. The van der Waals surface area contributed by atoms with Gasteiger partial charge in [0.1, 0.15) is 6.04 Å². The summed E-state index contributed by atoms with van der Waals surface area (Å²) >= 11 is 1.50. The summed E-state index contributed by atoms with van der Waals surface area (Å²) in [4.78, 5) is 54.9. The highest BCUT2D eigenvalue weighted by Gasteiger charge is 2.44. The summed E-state index contributed by atoms with van der Waals surface area (Å²) in [7, 11) is 0. The van der Waals surface area contributed by atoms with Gasteiger partial charge in [-0.3, -0.25) is 19.3 Å². The molecule has 0 aromatic heterocycles. The van der Waals surface area contributed by atoms with Crippen LogP contribution in [-0.4, -0.2) is 58.8 Å². The van der Waals surface area contributed by atoms with Gasteiger partial charge in [0.25, 0.3) is 17.7 Å². The van der Waals surface area contributed by atoms with Gasteiger partial charge in [-0.15, -0.1) is 0 Å². The molecular weight excluding hydrogens is 440 g/mol. The van der Waals surface area contributed by atoms with Crippen LogP contribution in [0.5, 0.6) is 0 Å². The highest BCUT2D eigenvalue weighted by molar-refractivity contribution is 7.98. The minimum Gasteiger partial charge on any atom is -0.451 e. The summed E-state index contributed by atoms with van der Waals surface area (Å²) < 4.78 is 5.57. The number of amides is 3. The molecule has 2 aliphatic heterocycles. The molecular formula is C25H26N2O5S. The van der Waals surface area contributed by atoms with Gasteiger partial charge >= 0.3 is 5.97 Å². The summed E-state index contributed by atoms with van der Waals surface area (Å²) in [5.74, 6) is -1.56. The van der Waals surface area contributed by atoms with E-state index < -0.39 is 29.9 Å². The lowest BCUT2D eigenvalue weighted by Gasteiger charge is -2.28. The number of ether oxygens (including phenoxy) is 1. The van der Waals surface area contributed by atoms with Crippen LogP contribution in [0.1, 0.15) is 46.5 Å². The van der Waals surface area contributed by atoms with Crippen molar-refractivity contribution in [3.05, 3.63) is 65.2 Å². The minimum atomic E-state index is -1.09. The number of carbonyl (C=O) groups is 4. The van der Waals surface area contributed by atoms with Crippen LogP contribution in [0, 0.1) is 0 Å². The van der Waals surface area contributed by atoms with Crippen LogP contribution >= 0.6 is 11.8 Å². The first-order valence-electron chi connectivity index (χ1n) is 10.9. The zero-order valence-corrected chi connectivity index (χ0v) is 19.6. The number of imide groups is 1. The van der Waals surface area contributed by atoms with E-state index in [2.05, 4.69) is 0 Å². The highest BCUT2D eigenvalue weighted by Crippen LogP contribution is 2.33. The van der Waals surface area contributed by atoms with Crippen LogP contribution in [0.2, 0.25) is 0 Å². The smallest absolute Gasteiger partial charge is 0.330 e. The molecule has 3 atom stereocenters. The van der Waals surface area contributed by atoms with Gasteiger partial charge in [-0.2, -0.15) is 11.8 Å². The van der Waals surface area contributed by atoms with Gasteiger partial charge in [0.05, 0.1) is 11.1 Å². The standard InChI is InChI=1S/C25H26N2O5S/c1-15-14-17-8-4-7-11-20(17)26(15)22(28)16(2)32-25(31)21(12-13-33-3)27-23(29)18-9-5-6-10-19(18)24(27)30/h4-11,15-16,21H,12-14H2,1-3H3/t15-,16-,21+/m0/s1. The molecule has 0 N–H and O–H groups in total. The fourth-order valence-corrected chi connectivity index (χ4v) is 4.93. The third-order valence-corrected chi connectivity index (χ3v) is 6.73. The molecule has 2 aromatic rings. The van der Waals surface area contributed by atoms with Crippen molar-refractivity contribution in [1.82, 2.24) is 4.90 Å². The Morgan fingerprint density at radius 2 is 1.67 bits per heavy atom. The van der Waals surface area contributed by atoms with Crippen molar-refractivity contribution in [2.75, 3.05) is 16.9 Å². The van der Waals surface area contributed by atoms with Crippen molar-refractivity contribution in [1.29, 1.82) is 0 Å². The van der Waals surface area contributed by atoms with Crippen LogP contribution in [0.3, 0.4) is 0 Å². The first-order chi connectivity index (χ1) is 15.8. The van der Waals surface area contributed by atoms with Crippen LogP contribution in [0.4, 0.5) is 5.69 Å². The first-order valence-corrected chi connectivity index (χ1v) is 12.3. The molecule has 0 radical (unpaired) electrons. The predicted octanol–water partition coefficient (Wildman–Crippen LogP) is 3.31. The van der Waals surface area contributed by atoms with E-state index in [-0.39, 0.29) is 29.5 Å². The Balaban J connectivity index is 1.53. The largest absolute Gasteiger partial charge is 0.451 e. The van der Waals surface area contributed by atoms with E-state index >= 15 is 0 Å². The normalized spacial score (nSPS) is 18.7. The average Bonchev–Trinajstić information content (AvgIpc) is 3.27. The van der Waals surface area contributed by atoms with E-state index in [4.69, 9.17) is 4.74 Å². The van der Waals surface area contributed by atoms with Crippen molar-refractivity contribution in [2.45, 2.75) is 44.9 Å². The van der Waals surface area contributed by atoms with Crippen LogP contribution in [0.25, 0.3) is 0 Å². The van der Waals surface area contributed by atoms with Crippen LogP contribution in [-0.2, 0) is 20.7 Å². The minimum absolute atomic E-state index is 0.0559. The Morgan fingerprint density at radius 1 is 1.06 bits per heavy atom. The lowest BCUT2D eigenvalue weighted by molar-refractivity contribution is -0.157. The van der Waals surface area contributed by atoms with Gasteiger partial charge in [0, 0.05) is 11.7 Å². The van der Waals surface area contributed by atoms with E-state index in [1.807, 2.05) is 37.4 Å². The van der Waals surface area contributed by atoms with E-state index in [1.54, 1.807) is 29.2 Å². The summed E-state index contributed by atoms with van der Waals surface area (Å²) in [6, 6.07) is 13.0. The van der Waals surface area contributed by atoms with E-state index in [0.29, 0.717) is 5.75 Å². The van der Waals surface area contributed by atoms with Crippen LogP contribution < -0.4 is 4.90 Å². The lowest BCUT2D eigenvalue weighted by atomic mass is 10.1. The molecule has 33 heavy (non-hydrogen) atoms. The van der Waals surface area contributed by atoms with E-state index in [1.165, 1.54) is 18.7 Å². The number of carbonyl (C=O) groups excluding carboxylic acids is 4. The van der Waals surface area contributed by atoms with Crippen molar-refractivity contribution in [3.63, 3.8) is 0 Å². The van der Waals surface area contributed by atoms with E-state index in [9.17, 15) is 19.2 Å². The monoisotopic (exact) mass is 466 g/mol. The Morgan fingerprint density at radius 3 is 2.30 bits per heavy atom. The fraction of sp³-hybridized carbons (Fsp3) is 0.360. The van der Waals surface area contributed by atoms with Gasteiger partial charge in [0.2, 0.25) is 0 Å². The number of fused-ring (bicyclic) bond motifs is 2. The number of para-hydroxylation sites is 1. The van der Waals surface area contributed by atoms with Gasteiger partial charge in [0.15, 0.2) is 6.10 Å². The Hall–Kier alpha value is -3.13. The number of hydrogen-bond acceptors (Lipinski definition) is 6. The zero-order valence-electron chi connectivity index (χ0n) is 18.8. The van der Waals surface area contributed by atoms with Crippen molar-refractivity contribution in [3.8, 4) is 0 Å². The summed E-state index contributed by atoms with van der Waals surface area (Å²) in [6.45, 7) is 3.48. The number of hydrogen-bond donors (Lipinski definition) is 0. The maximum absolute atomic E-state index is 13.2. The third-order valence-electron chi connectivity index (χ3n) is 6.09. The van der Waals surface area contributed by atoms with Crippen molar-refractivity contribution >= 4 is 41.1 Å². The summed E-state index contributed by atoms with van der Waals surface area (Å²) in [6.07, 6.45) is 1.80. The molecule has 2 aromatic carbocycles. The SMILES string of the molecule is CSCC[C@H](C(=O)O[C@@H](C)C(=O)N1c2ccccc2C[C@@H]1C)N1C(=O)c2ccccc2C1=O. The molecule has 172 valence electrons. The molecule has 0 saturated heterocycles. The van der Waals surface area contributed by atoms with Gasteiger partial charge in [-0.1, -0.05) is 30.3 Å². The van der Waals surface area contributed by atoms with Crippen molar-refractivity contribution in [2.24, 2.45) is 0 Å². The van der Waals surface area contributed by atoms with Gasteiger partial charge in [-0.25, -0.2) is 4.79 Å². The topological polar surface area (TPSA) is 84.0 Å². The van der Waals surface area contributed by atoms with Crippen LogP contribution in [0.15, 0.2) is 48.5 Å². The highest BCUT2D eigenvalue weighted by atomic mass is 32.2. The second-order valence-corrected chi connectivity index (χ2v) is 9.28. The third kappa shape index (κ3) is 4.15. The zero-order chi connectivity index (χ0) is 23.7. The number of nitrogens with zero attached hydrogens (tertiary/aromatic N) is 2. The summed E-state index contributed by atoms with van der Waals surface area (Å²) in [5, 5.41) is 0. The quantitative estimate of drug-likeness (QED) is 0.460. The molecule has 0 saturated carbocycles. The second kappa shape index (κ2) is 9.39. The van der Waals surface area contributed by atoms with Gasteiger partial charge in [-0.05, 0) is 62.5 Å². The number of rotatable bonds is 7. The Labute approximate surface area is 197 Å². The fourth-order valence-electron chi connectivity index (χ4n) is 4.47. The Kier molecular flexibility index (Phi) is 6.56. The average molecular weight is 467 g/mol. The molecule has 0 spiro atoms. The molecule has 0 unspecified atom stereocenters.